The fourth-order valence-electron chi connectivity index (χ4n) is 1.45. The summed E-state index contributed by atoms with van der Waals surface area (Å²) in [6, 6.07) is 14.9. The van der Waals surface area contributed by atoms with E-state index in [2.05, 4.69) is 16.1 Å². The van der Waals surface area contributed by atoms with Crippen molar-refractivity contribution in [2.24, 2.45) is 10.2 Å². The standard InChI is InChI=1S/C15H12N2O/c1-3-12-11-14(18-2)9-10-15(12)17-16-13-7-5-4-6-8-13/h1,4-11H,2H3. The second-order valence-corrected chi connectivity index (χ2v) is 3.56. The Morgan fingerprint density at radius 1 is 1.06 bits per heavy atom. The van der Waals surface area contributed by atoms with Crippen LogP contribution < -0.4 is 4.74 Å². The van der Waals surface area contributed by atoms with E-state index in [1.807, 2.05) is 30.3 Å². The smallest absolute Gasteiger partial charge is 0.120 e. The first kappa shape index (κ1) is 11.9. The second kappa shape index (κ2) is 5.65. The molecule has 2 rings (SSSR count). The Morgan fingerprint density at radius 2 is 1.83 bits per heavy atom. The first-order valence-electron chi connectivity index (χ1n) is 5.45. The van der Waals surface area contributed by atoms with E-state index in [0.29, 0.717) is 17.0 Å². The Kier molecular flexibility index (Phi) is 3.72. The van der Waals surface area contributed by atoms with E-state index in [0.717, 1.165) is 5.69 Å². The third-order valence-corrected chi connectivity index (χ3v) is 2.39. The third-order valence-electron chi connectivity index (χ3n) is 2.39. The number of nitrogens with zero attached hydrogens (tertiary/aromatic N) is 2. The molecule has 0 amide bonds. The van der Waals surface area contributed by atoms with Gasteiger partial charge >= 0.3 is 0 Å². The molecule has 0 spiro atoms. The Bertz CT molecular complexity index is 598. The van der Waals surface area contributed by atoms with Gasteiger partial charge in [-0.15, -0.1) is 11.5 Å². The van der Waals surface area contributed by atoms with E-state index in [1.165, 1.54) is 0 Å². The fourth-order valence-corrected chi connectivity index (χ4v) is 1.45. The molecule has 88 valence electrons. The molecule has 0 aliphatic rings. The van der Waals surface area contributed by atoms with Gasteiger partial charge in [-0.3, -0.25) is 0 Å². The predicted octanol–water partition coefficient (Wildman–Crippen LogP) is 4.09. The van der Waals surface area contributed by atoms with Crippen LogP contribution in [-0.2, 0) is 0 Å². The molecule has 0 fully saturated rings. The van der Waals surface area contributed by atoms with Crippen molar-refractivity contribution < 1.29 is 4.74 Å². The molecule has 0 heterocycles. The first-order chi connectivity index (χ1) is 8.83. The summed E-state index contributed by atoms with van der Waals surface area (Å²) in [5.41, 5.74) is 2.10. The van der Waals surface area contributed by atoms with E-state index in [9.17, 15) is 0 Å². The summed E-state index contributed by atoms with van der Waals surface area (Å²) in [5, 5.41) is 8.28. The molecule has 18 heavy (non-hydrogen) atoms. The van der Waals surface area contributed by atoms with Crippen LogP contribution in [0.5, 0.6) is 5.75 Å². The van der Waals surface area contributed by atoms with E-state index >= 15 is 0 Å². The minimum Gasteiger partial charge on any atom is -0.497 e. The Hall–Kier alpha value is -2.60. The van der Waals surface area contributed by atoms with Crippen molar-refractivity contribution in [3.63, 3.8) is 0 Å². The summed E-state index contributed by atoms with van der Waals surface area (Å²) in [6.07, 6.45) is 5.44. The lowest BCUT2D eigenvalue weighted by Gasteiger charge is -2.02. The molecule has 3 nitrogen and oxygen atoms in total. The third kappa shape index (κ3) is 2.74. The van der Waals surface area contributed by atoms with Crippen molar-refractivity contribution in [1.29, 1.82) is 0 Å². The number of hydrogen-bond donors (Lipinski definition) is 0. The predicted molar refractivity (Wildman–Crippen MR) is 71.5 cm³/mol. The molecule has 0 radical (unpaired) electrons. The summed E-state index contributed by atoms with van der Waals surface area (Å²) < 4.78 is 5.11. The maximum absolute atomic E-state index is 5.44. The van der Waals surface area contributed by atoms with Crippen LogP contribution in [0.25, 0.3) is 0 Å². The maximum atomic E-state index is 5.44. The molecule has 0 aliphatic heterocycles. The lowest BCUT2D eigenvalue weighted by Crippen LogP contribution is -1.83. The summed E-state index contributed by atoms with van der Waals surface area (Å²) in [4.78, 5) is 0. The summed E-state index contributed by atoms with van der Waals surface area (Å²) in [7, 11) is 1.60. The van der Waals surface area contributed by atoms with E-state index < -0.39 is 0 Å². The van der Waals surface area contributed by atoms with Gasteiger partial charge in [0.15, 0.2) is 0 Å². The SMILES string of the molecule is C#Cc1cc(OC)ccc1N=Nc1ccccc1. The molecule has 0 N–H and O–H groups in total. The van der Waals surface area contributed by atoms with Crippen LogP contribution in [0, 0.1) is 12.3 Å². The van der Waals surface area contributed by atoms with Crippen molar-refractivity contribution in [3.05, 3.63) is 54.1 Å². The van der Waals surface area contributed by atoms with E-state index in [-0.39, 0.29) is 0 Å². The Balaban J connectivity index is 2.30. The highest BCUT2D eigenvalue weighted by Crippen LogP contribution is 2.25. The monoisotopic (exact) mass is 236 g/mol. The van der Waals surface area contributed by atoms with Crippen molar-refractivity contribution in [1.82, 2.24) is 0 Å². The van der Waals surface area contributed by atoms with Gasteiger partial charge in [0.2, 0.25) is 0 Å². The lowest BCUT2D eigenvalue weighted by molar-refractivity contribution is 0.414. The van der Waals surface area contributed by atoms with Gasteiger partial charge < -0.3 is 4.74 Å². The zero-order valence-electron chi connectivity index (χ0n) is 10.00. The number of azo groups is 1. The van der Waals surface area contributed by atoms with Crippen LogP contribution in [0.3, 0.4) is 0 Å². The van der Waals surface area contributed by atoms with Crippen LogP contribution in [-0.4, -0.2) is 7.11 Å². The molecule has 0 unspecified atom stereocenters. The largest absolute Gasteiger partial charge is 0.497 e. The van der Waals surface area contributed by atoms with Crippen molar-refractivity contribution in [3.8, 4) is 18.1 Å². The molecule has 2 aromatic rings. The molecule has 0 atom stereocenters. The highest BCUT2D eigenvalue weighted by atomic mass is 16.5. The average molecular weight is 236 g/mol. The first-order valence-corrected chi connectivity index (χ1v) is 5.45. The van der Waals surface area contributed by atoms with Gasteiger partial charge in [0.25, 0.3) is 0 Å². The molecular formula is C15H12N2O. The number of methoxy groups -OCH3 is 1. The van der Waals surface area contributed by atoms with Gasteiger partial charge in [-0.1, -0.05) is 24.1 Å². The maximum Gasteiger partial charge on any atom is 0.120 e. The molecule has 2 aromatic carbocycles. The zero-order valence-corrected chi connectivity index (χ0v) is 10.00. The van der Waals surface area contributed by atoms with Crippen LogP contribution in [0.4, 0.5) is 11.4 Å². The quantitative estimate of drug-likeness (QED) is 0.583. The lowest BCUT2D eigenvalue weighted by atomic mass is 10.2. The van der Waals surface area contributed by atoms with Gasteiger partial charge in [-0.25, -0.2) is 0 Å². The van der Waals surface area contributed by atoms with Crippen LogP contribution in [0.15, 0.2) is 58.8 Å². The number of benzene rings is 2. The van der Waals surface area contributed by atoms with Gasteiger partial charge in [0, 0.05) is 0 Å². The normalized spacial score (nSPS) is 10.2. The summed E-state index contributed by atoms with van der Waals surface area (Å²) in [5.74, 6) is 3.28. The van der Waals surface area contributed by atoms with Gasteiger partial charge in [-0.2, -0.15) is 5.11 Å². The topological polar surface area (TPSA) is 34.0 Å². The Labute approximate surface area is 106 Å². The molecule has 0 saturated heterocycles. The van der Waals surface area contributed by atoms with Crippen LogP contribution in [0.1, 0.15) is 5.56 Å². The molecule has 0 aliphatic carbocycles. The molecule has 0 bridgehead atoms. The van der Waals surface area contributed by atoms with Crippen molar-refractivity contribution in [2.45, 2.75) is 0 Å². The number of terminal acetylenes is 1. The van der Waals surface area contributed by atoms with E-state index in [4.69, 9.17) is 11.2 Å². The molecule has 0 saturated carbocycles. The Morgan fingerprint density at radius 3 is 2.50 bits per heavy atom. The van der Waals surface area contributed by atoms with Gasteiger partial charge in [-0.05, 0) is 30.3 Å². The summed E-state index contributed by atoms with van der Waals surface area (Å²) in [6.45, 7) is 0. The van der Waals surface area contributed by atoms with Gasteiger partial charge in [0.1, 0.15) is 11.4 Å². The average Bonchev–Trinajstić information content (AvgIpc) is 2.46. The number of rotatable bonds is 3. The van der Waals surface area contributed by atoms with Crippen LogP contribution >= 0.6 is 0 Å². The number of hydrogen-bond acceptors (Lipinski definition) is 3. The van der Waals surface area contributed by atoms with Crippen LogP contribution in [0.2, 0.25) is 0 Å². The minimum atomic E-state index is 0.655. The van der Waals surface area contributed by atoms with E-state index in [1.54, 1.807) is 25.3 Å². The van der Waals surface area contributed by atoms with Crippen molar-refractivity contribution in [2.75, 3.05) is 7.11 Å². The second-order valence-electron chi connectivity index (χ2n) is 3.56. The molecular weight excluding hydrogens is 224 g/mol. The molecule has 3 heteroatoms. The fraction of sp³-hybridized carbons (Fsp3) is 0.0667. The zero-order chi connectivity index (χ0) is 12.8. The minimum absolute atomic E-state index is 0.655. The molecule has 0 aromatic heterocycles. The highest BCUT2D eigenvalue weighted by Gasteiger charge is 2.01. The highest BCUT2D eigenvalue weighted by molar-refractivity contribution is 5.57. The summed E-state index contributed by atoms with van der Waals surface area (Å²) >= 11 is 0. The van der Waals surface area contributed by atoms with Crippen molar-refractivity contribution >= 4 is 11.4 Å². The van der Waals surface area contributed by atoms with Gasteiger partial charge in [0.05, 0.1) is 18.4 Å². The number of ether oxygens (including phenoxy) is 1.